The average molecular weight is 290 g/mol. The van der Waals surface area contributed by atoms with Gasteiger partial charge in [0.15, 0.2) is 0 Å². The van der Waals surface area contributed by atoms with Crippen LogP contribution in [0, 0.1) is 0 Å². The Kier molecular flexibility index (Phi) is 4.02. The molecule has 1 fully saturated rings. The molecule has 0 radical (unpaired) electrons. The van der Waals surface area contributed by atoms with Crippen molar-refractivity contribution in [3.05, 3.63) is 47.9 Å². The molecular formula is C15H16ClN3O. The van der Waals surface area contributed by atoms with Gasteiger partial charge >= 0.3 is 0 Å². The van der Waals surface area contributed by atoms with Crippen LogP contribution in [0.25, 0.3) is 0 Å². The Morgan fingerprint density at radius 3 is 2.55 bits per heavy atom. The summed E-state index contributed by atoms with van der Waals surface area (Å²) < 4.78 is 5.97. The fourth-order valence-electron chi connectivity index (χ4n) is 2.38. The standard InChI is InChI=1S/C15H16ClN3O/c16-14-10-17-11-15(18-14)19-8-6-13(7-9-19)20-12-4-2-1-3-5-12/h1-5,10-11,13H,6-9H2. The highest BCUT2D eigenvalue weighted by atomic mass is 35.5. The highest BCUT2D eigenvalue weighted by Crippen LogP contribution is 2.22. The maximum absolute atomic E-state index is 5.97. The van der Waals surface area contributed by atoms with Crippen LogP contribution in [-0.2, 0) is 0 Å². The number of benzene rings is 1. The van der Waals surface area contributed by atoms with Gasteiger partial charge < -0.3 is 9.64 Å². The van der Waals surface area contributed by atoms with E-state index in [1.54, 1.807) is 12.4 Å². The summed E-state index contributed by atoms with van der Waals surface area (Å²) in [6, 6.07) is 9.97. The largest absolute Gasteiger partial charge is 0.490 e. The van der Waals surface area contributed by atoms with Crippen molar-refractivity contribution < 1.29 is 4.74 Å². The van der Waals surface area contributed by atoms with E-state index in [-0.39, 0.29) is 6.10 Å². The first-order valence-electron chi connectivity index (χ1n) is 6.75. The number of para-hydroxylation sites is 1. The van der Waals surface area contributed by atoms with Crippen molar-refractivity contribution in [1.82, 2.24) is 9.97 Å². The van der Waals surface area contributed by atoms with Crippen molar-refractivity contribution in [2.75, 3.05) is 18.0 Å². The summed E-state index contributed by atoms with van der Waals surface area (Å²) >= 11 is 5.88. The summed E-state index contributed by atoms with van der Waals surface area (Å²) in [6.07, 6.45) is 5.52. The lowest BCUT2D eigenvalue weighted by Crippen LogP contribution is -2.38. The van der Waals surface area contributed by atoms with Crippen LogP contribution in [0.2, 0.25) is 5.15 Å². The number of ether oxygens (including phenoxy) is 1. The van der Waals surface area contributed by atoms with E-state index in [1.807, 2.05) is 30.3 Å². The third-order valence-corrected chi connectivity index (χ3v) is 3.59. The molecule has 1 saturated heterocycles. The molecular weight excluding hydrogens is 274 g/mol. The summed E-state index contributed by atoms with van der Waals surface area (Å²) in [5, 5.41) is 0.435. The summed E-state index contributed by atoms with van der Waals surface area (Å²) in [5.41, 5.74) is 0. The summed E-state index contributed by atoms with van der Waals surface area (Å²) in [7, 11) is 0. The zero-order chi connectivity index (χ0) is 13.8. The van der Waals surface area contributed by atoms with Gasteiger partial charge in [-0.3, -0.25) is 4.98 Å². The molecule has 0 unspecified atom stereocenters. The molecule has 104 valence electrons. The zero-order valence-corrected chi connectivity index (χ0v) is 11.8. The van der Waals surface area contributed by atoms with Crippen LogP contribution >= 0.6 is 11.6 Å². The van der Waals surface area contributed by atoms with E-state index in [4.69, 9.17) is 16.3 Å². The number of hydrogen-bond donors (Lipinski definition) is 0. The highest BCUT2D eigenvalue weighted by molar-refractivity contribution is 6.29. The molecule has 1 aliphatic heterocycles. The number of rotatable bonds is 3. The molecule has 2 aromatic rings. The minimum absolute atomic E-state index is 0.265. The van der Waals surface area contributed by atoms with Gasteiger partial charge in [-0.15, -0.1) is 0 Å². The van der Waals surface area contributed by atoms with E-state index in [0.717, 1.165) is 37.5 Å². The van der Waals surface area contributed by atoms with Crippen molar-refractivity contribution in [3.63, 3.8) is 0 Å². The van der Waals surface area contributed by atoms with Crippen LogP contribution in [0.3, 0.4) is 0 Å². The fraction of sp³-hybridized carbons (Fsp3) is 0.333. The quantitative estimate of drug-likeness (QED) is 0.870. The number of halogens is 1. The first-order chi connectivity index (χ1) is 9.81. The number of nitrogens with zero attached hydrogens (tertiary/aromatic N) is 3. The molecule has 1 aliphatic rings. The van der Waals surface area contributed by atoms with Crippen molar-refractivity contribution in [2.24, 2.45) is 0 Å². The summed E-state index contributed by atoms with van der Waals surface area (Å²) in [6.45, 7) is 1.82. The molecule has 2 heterocycles. The van der Waals surface area contributed by atoms with Gasteiger partial charge in [0.25, 0.3) is 0 Å². The first-order valence-corrected chi connectivity index (χ1v) is 7.13. The molecule has 5 heteroatoms. The topological polar surface area (TPSA) is 38.2 Å². The minimum atomic E-state index is 0.265. The monoisotopic (exact) mass is 289 g/mol. The van der Waals surface area contributed by atoms with Crippen LogP contribution in [0.1, 0.15) is 12.8 Å². The average Bonchev–Trinajstić information content (AvgIpc) is 2.49. The van der Waals surface area contributed by atoms with E-state index in [1.165, 1.54) is 0 Å². The third-order valence-electron chi connectivity index (χ3n) is 3.40. The second-order valence-corrected chi connectivity index (χ2v) is 5.20. The van der Waals surface area contributed by atoms with Gasteiger partial charge in [-0.2, -0.15) is 0 Å². The van der Waals surface area contributed by atoms with Gasteiger partial charge in [-0.25, -0.2) is 4.98 Å². The molecule has 0 N–H and O–H groups in total. The zero-order valence-electron chi connectivity index (χ0n) is 11.1. The minimum Gasteiger partial charge on any atom is -0.490 e. The van der Waals surface area contributed by atoms with Gasteiger partial charge in [-0.1, -0.05) is 29.8 Å². The van der Waals surface area contributed by atoms with Gasteiger partial charge in [0, 0.05) is 25.9 Å². The normalized spacial score (nSPS) is 16.1. The van der Waals surface area contributed by atoms with Crippen molar-refractivity contribution in [1.29, 1.82) is 0 Å². The second-order valence-electron chi connectivity index (χ2n) is 4.82. The number of piperidine rings is 1. The molecule has 0 atom stereocenters. The second kappa shape index (κ2) is 6.09. The Balaban J connectivity index is 1.57. The maximum atomic E-state index is 5.97. The Labute approximate surface area is 123 Å². The third kappa shape index (κ3) is 3.20. The van der Waals surface area contributed by atoms with E-state index in [0.29, 0.717) is 5.15 Å². The lowest BCUT2D eigenvalue weighted by molar-refractivity contribution is 0.170. The number of hydrogen-bond acceptors (Lipinski definition) is 4. The summed E-state index contributed by atoms with van der Waals surface area (Å²) in [4.78, 5) is 10.6. The van der Waals surface area contributed by atoms with E-state index < -0.39 is 0 Å². The van der Waals surface area contributed by atoms with Crippen LogP contribution in [0.5, 0.6) is 5.75 Å². The Hall–Kier alpha value is -1.81. The Morgan fingerprint density at radius 2 is 1.85 bits per heavy atom. The van der Waals surface area contributed by atoms with Crippen LogP contribution in [0.15, 0.2) is 42.7 Å². The van der Waals surface area contributed by atoms with Crippen LogP contribution in [0.4, 0.5) is 5.82 Å². The molecule has 0 amide bonds. The Morgan fingerprint density at radius 1 is 1.10 bits per heavy atom. The SMILES string of the molecule is Clc1cncc(N2CCC(Oc3ccccc3)CC2)n1. The molecule has 0 spiro atoms. The predicted octanol–water partition coefficient (Wildman–Crippen LogP) is 3.18. The summed E-state index contributed by atoms with van der Waals surface area (Å²) in [5.74, 6) is 1.78. The lowest BCUT2D eigenvalue weighted by Gasteiger charge is -2.32. The van der Waals surface area contributed by atoms with Crippen molar-refractivity contribution >= 4 is 17.4 Å². The highest BCUT2D eigenvalue weighted by Gasteiger charge is 2.21. The lowest BCUT2D eigenvalue weighted by atomic mass is 10.1. The Bertz CT molecular complexity index is 556. The van der Waals surface area contributed by atoms with E-state index in [2.05, 4.69) is 14.9 Å². The van der Waals surface area contributed by atoms with Crippen LogP contribution in [-0.4, -0.2) is 29.2 Å². The molecule has 1 aromatic carbocycles. The maximum Gasteiger partial charge on any atom is 0.149 e. The fourth-order valence-corrected chi connectivity index (χ4v) is 2.52. The van der Waals surface area contributed by atoms with Crippen LogP contribution < -0.4 is 9.64 Å². The molecule has 0 saturated carbocycles. The van der Waals surface area contributed by atoms with E-state index >= 15 is 0 Å². The smallest absolute Gasteiger partial charge is 0.149 e. The predicted molar refractivity (Wildman–Crippen MR) is 79.3 cm³/mol. The van der Waals surface area contributed by atoms with E-state index in [9.17, 15) is 0 Å². The van der Waals surface area contributed by atoms with Gasteiger partial charge in [-0.05, 0) is 12.1 Å². The van der Waals surface area contributed by atoms with Gasteiger partial charge in [0.2, 0.25) is 0 Å². The molecule has 4 nitrogen and oxygen atoms in total. The van der Waals surface area contributed by atoms with Crippen molar-refractivity contribution in [3.8, 4) is 5.75 Å². The molecule has 1 aromatic heterocycles. The van der Waals surface area contributed by atoms with Crippen molar-refractivity contribution in [2.45, 2.75) is 18.9 Å². The first kappa shape index (κ1) is 13.2. The molecule has 0 aliphatic carbocycles. The number of aromatic nitrogens is 2. The van der Waals surface area contributed by atoms with Gasteiger partial charge in [0.1, 0.15) is 22.8 Å². The van der Waals surface area contributed by atoms with Gasteiger partial charge in [0.05, 0.1) is 12.4 Å². The molecule has 0 bridgehead atoms. The molecule has 20 heavy (non-hydrogen) atoms. The molecule has 3 rings (SSSR count). The number of anilines is 1.